The van der Waals surface area contributed by atoms with Gasteiger partial charge in [0, 0.05) is 6.20 Å². The van der Waals surface area contributed by atoms with E-state index >= 15 is 0 Å². The molecule has 1 aromatic carbocycles. The first-order valence-corrected chi connectivity index (χ1v) is 4.24. The van der Waals surface area contributed by atoms with E-state index in [0.29, 0.717) is 0 Å². The van der Waals surface area contributed by atoms with Gasteiger partial charge in [0.1, 0.15) is 0 Å². The SMILES string of the molecule is [SiH2]c1cccc2cccnc12. The van der Waals surface area contributed by atoms with Crippen LogP contribution in [0.15, 0.2) is 36.5 Å². The van der Waals surface area contributed by atoms with Gasteiger partial charge in [-0.25, -0.2) is 0 Å². The van der Waals surface area contributed by atoms with Crippen molar-refractivity contribution in [2.45, 2.75) is 0 Å². The summed E-state index contributed by atoms with van der Waals surface area (Å²) in [6.07, 6.45) is 1.83. The van der Waals surface area contributed by atoms with Crippen molar-refractivity contribution in [3.63, 3.8) is 0 Å². The molecule has 0 aliphatic heterocycles. The first-order chi connectivity index (χ1) is 5.38. The Labute approximate surface area is 68.5 Å². The average Bonchev–Trinajstić information content (AvgIpc) is 2.06. The van der Waals surface area contributed by atoms with Gasteiger partial charge in [0.15, 0.2) is 0 Å². The number of hydrogen-bond donors (Lipinski definition) is 0. The molecule has 2 rings (SSSR count). The number of aromatic nitrogens is 1. The van der Waals surface area contributed by atoms with Crippen molar-refractivity contribution in [1.29, 1.82) is 0 Å². The highest BCUT2D eigenvalue weighted by Crippen LogP contribution is 2.05. The van der Waals surface area contributed by atoms with E-state index in [4.69, 9.17) is 0 Å². The van der Waals surface area contributed by atoms with Gasteiger partial charge in [-0.15, -0.1) is 0 Å². The summed E-state index contributed by atoms with van der Waals surface area (Å²) < 4.78 is 0. The van der Waals surface area contributed by atoms with Crippen LogP contribution in [0.2, 0.25) is 0 Å². The lowest BCUT2D eigenvalue weighted by Gasteiger charge is -1.97. The molecular weight excluding hydrogens is 150 g/mol. The summed E-state index contributed by atoms with van der Waals surface area (Å²) in [7, 11) is 1.88. The molecule has 2 aromatic rings. The van der Waals surface area contributed by atoms with Gasteiger partial charge in [-0.1, -0.05) is 24.3 Å². The second-order valence-corrected chi connectivity index (χ2v) is 3.25. The second-order valence-electron chi connectivity index (χ2n) is 2.49. The summed E-state index contributed by atoms with van der Waals surface area (Å²) in [5, 5.41) is 2.49. The molecule has 0 atom stereocenters. The molecule has 2 heteroatoms. The topological polar surface area (TPSA) is 12.9 Å². The van der Waals surface area contributed by atoms with Crippen LogP contribution in [0, 0.1) is 0 Å². The highest BCUT2D eigenvalue weighted by atomic mass is 28.1. The summed E-state index contributed by atoms with van der Waals surface area (Å²) in [6.45, 7) is 0. The molecule has 1 radical (unpaired) electrons. The van der Waals surface area contributed by atoms with Crippen molar-refractivity contribution in [2.24, 2.45) is 0 Å². The van der Waals surface area contributed by atoms with Gasteiger partial charge in [0.25, 0.3) is 0 Å². The number of rotatable bonds is 0. The third kappa shape index (κ3) is 1.05. The zero-order chi connectivity index (χ0) is 7.68. The van der Waals surface area contributed by atoms with Gasteiger partial charge < -0.3 is 0 Å². The molecule has 11 heavy (non-hydrogen) atoms. The van der Waals surface area contributed by atoms with Crippen LogP contribution in [0.1, 0.15) is 0 Å². The number of fused-ring (bicyclic) bond motifs is 1. The minimum atomic E-state index is 1.12. The number of hydrogen-bond acceptors (Lipinski definition) is 1. The van der Waals surface area contributed by atoms with E-state index in [-0.39, 0.29) is 0 Å². The molecule has 0 spiro atoms. The van der Waals surface area contributed by atoms with Crippen LogP contribution in [0.25, 0.3) is 10.9 Å². The summed E-state index contributed by atoms with van der Waals surface area (Å²) in [4.78, 5) is 4.29. The summed E-state index contributed by atoms with van der Waals surface area (Å²) in [5.74, 6) is 0. The average molecular weight is 158 g/mol. The van der Waals surface area contributed by atoms with Crippen molar-refractivity contribution in [1.82, 2.24) is 4.98 Å². The molecule has 0 saturated heterocycles. The Morgan fingerprint density at radius 3 is 2.73 bits per heavy atom. The molecule has 0 saturated carbocycles. The zero-order valence-electron chi connectivity index (χ0n) is 6.12. The fraction of sp³-hybridized carbons (Fsp3) is 0. The third-order valence-corrected chi connectivity index (χ3v) is 2.29. The minimum Gasteiger partial charge on any atom is -0.256 e. The Balaban J connectivity index is 2.91. The molecule has 0 amide bonds. The zero-order valence-corrected chi connectivity index (χ0v) is 7.53. The quantitative estimate of drug-likeness (QED) is 0.509. The third-order valence-electron chi connectivity index (χ3n) is 1.72. The van der Waals surface area contributed by atoms with E-state index in [1.54, 1.807) is 0 Å². The van der Waals surface area contributed by atoms with Crippen LogP contribution in [-0.2, 0) is 0 Å². The number of para-hydroxylation sites is 1. The van der Waals surface area contributed by atoms with Crippen LogP contribution in [0.3, 0.4) is 0 Å². The van der Waals surface area contributed by atoms with Gasteiger partial charge in [-0.3, -0.25) is 4.98 Å². The first-order valence-electron chi connectivity index (χ1n) is 3.53. The maximum atomic E-state index is 4.29. The van der Waals surface area contributed by atoms with Crippen LogP contribution >= 0.6 is 0 Å². The fourth-order valence-electron chi connectivity index (χ4n) is 1.17. The molecule has 0 aliphatic carbocycles. The van der Waals surface area contributed by atoms with Crippen molar-refractivity contribution in [3.8, 4) is 0 Å². The predicted octanol–water partition coefficient (Wildman–Crippen LogP) is 0.493. The van der Waals surface area contributed by atoms with E-state index in [2.05, 4.69) is 29.2 Å². The van der Waals surface area contributed by atoms with E-state index < -0.39 is 0 Å². The molecule has 0 N–H and O–H groups in total. The molecule has 0 bridgehead atoms. The highest BCUT2D eigenvalue weighted by molar-refractivity contribution is 6.38. The number of nitrogens with zero attached hydrogens (tertiary/aromatic N) is 1. The molecule has 0 aliphatic rings. The molecule has 0 unspecified atom stereocenters. The van der Waals surface area contributed by atoms with Crippen LogP contribution in [-0.4, -0.2) is 15.2 Å². The second kappa shape index (κ2) is 2.47. The van der Waals surface area contributed by atoms with Gasteiger partial charge >= 0.3 is 0 Å². The van der Waals surface area contributed by atoms with Gasteiger partial charge in [-0.05, 0) is 16.6 Å². The Kier molecular flexibility index (Phi) is 1.47. The van der Waals surface area contributed by atoms with Crippen LogP contribution in [0.4, 0.5) is 0 Å². The number of pyridine rings is 1. The standard InChI is InChI=1S/C9H8NSi/c11-8-5-1-3-7-4-2-6-10-9(7)8/h1-6H,11H2. The number of benzene rings is 1. The lowest BCUT2D eigenvalue weighted by Crippen LogP contribution is -2.03. The lowest BCUT2D eigenvalue weighted by atomic mass is 10.2. The van der Waals surface area contributed by atoms with Gasteiger partial charge in [0.2, 0.25) is 0 Å². The van der Waals surface area contributed by atoms with Gasteiger partial charge in [-0.2, -0.15) is 0 Å². The molecule has 0 fully saturated rings. The fourth-order valence-corrected chi connectivity index (χ4v) is 1.60. The van der Waals surface area contributed by atoms with E-state index in [0.717, 1.165) is 5.52 Å². The Morgan fingerprint density at radius 1 is 1.09 bits per heavy atom. The molecule has 1 heterocycles. The van der Waals surface area contributed by atoms with Crippen molar-refractivity contribution < 1.29 is 0 Å². The highest BCUT2D eigenvalue weighted by Gasteiger charge is 1.93. The Hall–Kier alpha value is -1.15. The largest absolute Gasteiger partial charge is 0.256 e. The Morgan fingerprint density at radius 2 is 1.91 bits per heavy atom. The summed E-state index contributed by atoms with van der Waals surface area (Å²) in [6, 6.07) is 10.3. The maximum Gasteiger partial charge on any atom is 0.0684 e. The minimum absolute atomic E-state index is 1.12. The van der Waals surface area contributed by atoms with E-state index in [1.165, 1.54) is 10.6 Å². The Bertz CT molecular complexity index is 379. The molecule has 1 aromatic heterocycles. The van der Waals surface area contributed by atoms with Crippen molar-refractivity contribution in [3.05, 3.63) is 36.5 Å². The molecular formula is C9H8NSi. The van der Waals surface area contributed by atoms with Crippen molar-refractivity contribution >= 4 is 26.3 Å². The molecule has 53 valence electrons. The summed E-state index contributed by atoms with van der Waals surface area (Å²) >= 11 is 0. The predicted molar refractivity (Wildman–Crippen MR) is 49.9 cm³/mol. The van der Waals surface area contributed by atoms with Crippen LogP contribution < -0.4 is 5.19 Å². The lowest BCUT2D eigenvalue weighted by molar-refractivity contribution is 1.42. The van der Waals surface area contributed by atoms with Crippen molar-refractivity contribution in [2.75, 3.05) is 0 Å². The van der Waals surface area contributed by atoms with E-state index in [1.807, 2.05) is 22.5 Å². The normalized spacial score (nSPS) is 10.3. The summed E-state index contributed by atoms with van der Waals surface area (Å²) in [5.41, 5.74) is 1.12. The first kappa shape index (κ1) is 6.55. The maximum absolute atomic E-state index is 4.29. The smallest absolute Gasteiger partial charge is 0.0684 e. The molecule has 1 nitrogen and oxygen atoms in total. The van der Waals surface area contributed by atoms with E-state index in [9.17, 15) is 0 Å². The van der Waals surface area contributed by atoms with Crippen LogP contribution in [0.5, 0.6) is 0 Å². The monoisotopic (exact) mass is 158 g/mol. The van der Waals surface area contributed by atoms with Gasteiger partial charge in [0.05, 0.1) is 15.8 Å².